The SMILES string of the molecule is COCCN(C)c1ncc(Oc2ncccc2-c2ccc(F)cc2OC)cn1. The Labute approximate surface area is 162 Å². The van der Waals surface area contributed by atoms with Crippen molar-refractivity contribution in [3.8, 4) is 28.5 Å². The maximum absolute atomic E-state index is 13.5. The van der Waals surface area contributed by atoms with E-state index in [9.17, 15) is 4.39 Å². The number of hydrogen-bond acceptors (Lipinski definition) is 7. The van der Waals surface area contributed by atoms with E-state index in [0.29, 0.717) is 47.6 Å². The quantitative estimate of drug-likeness (QED) is 0.588. The Morgan fingerprint density at radius 3 is 2.54 bits per heavy atom. The molecular formula is C20H21FN4O3. The first-order valence-corrected chi connectivity index (χ1v) is 8.61. The van der Waals surface area contributed by atoms with Crippen molar-refractivity contribution >= 4 is 5.95 Å². The van der Waals surface area contributed by atoms with Gasteiger partial charge in [-0.3, -0.25) is 0 Å². The van der Waals surface area contributed by atoms with Gasteiger partial charge in [-0.25, -0.2) is 19.3 Å². The van der Waals surface area contributed by atoms with Gasteiger partial charge in [-0.05, 0) is 24.3 Å². The van der Waals surface area contributed by atoms with Gasteiger partial charge >= 0.3 is 0 Å². The minimum atomic E-state index is -0.381. The number of anilines is 1. The first kappa shape index (κ1) is 19.5. The number of pyridine rings is 1. The Bertz CT molecular complexity index is 922. The topological polar surface area (TPSA) is 69.6 Å². The monoisotopic (exact) mass is 384 g/mol. The van der Waals surface area contributed by atoms with Crippen LogP contribution in [0.2, 0.25) is 0 Å². The fourth-order valence-electron chi connectivity index (χ4n) is 2.56. The van der Waals surface area contributed by atoms with E-state index >= 15 is 0 Å². The number of benzene rings is 1. The minimum Gasteiger partial charge on any atom is -0.496 e. The minimum absolute atomic E-state index is 0.344. The molecule has 1 aromatic carbocycles. The molecule has 0 unspecified atom stereocenters. The van der Waals surface area contributed by atoms with Crippen LogP contribution in [0.1, 0.15) is 0 Å². The molecule has 0 bridgehead atoms. The molecule has 146 valence electrons. The zero-order valence-electron chi connectivity index (χ0n) is 15.9. The van der Waals surface area contributed by atoms with Crippen molar-refractivity contribution in [3.05, 3.63) is 54.7 Å². The molecule has 0 fully saturated rings. The van der Waals surface area contributed by atoms with Crippen LogP contribution in [0.3, 0.4) is 0 Å². The van der Waals surface area contributed by atoms with Crippen LogP contribution in [0.4, 0.5) is 10.3 Å². The van der Waals surface area contributed by atoms with Gasteiger partial charge in [-0.15, -0.1) is 0 Å². The van der Waals surface area contributed by atoms with Crippen LogP contribution in [0, 0.1) is 5.82 Å². The maximum atomic E-state index is 13.5. The molecule has 0 aliphatic rings. The normalized spacial score (nSPS) is 10.6. The van der Waals surface area contributed by atoms with Gasteiger partial charge in [0, 0.05) is 44.1 Å². The summed E-state index contributed by atoms with van der Waals surface area (Å²) in [6, 6.07) is 7.91. The molecule has 2 aromatic heterocycles. The number of aromatic nitrogens is 3. The van der Waals surface area contributed by atoms with Gasteiger partial charge < -0.3 is 19.1 Å². The fraction of sp³-hybridized carbons (Fsp3) is 0.250. The summed E-state index contributed by atoms with van der Waals surface area (Å²) in [5.41, 5.74) is 1.34. The zero-order chi connectivity index (χ0) is 19.9. The van der Waals surface area contributed by atoms with E-state index in [1.807, 2.05) is 18.0 Å². The van der Waals surface area contributed by atoms with Crippen molar-refractivity contribution in [2.75, 3.05) is 39.3 Å². The predicted octanol–water partition coefficient (Wildman–Crippen LogP) is 3.56. The molecule has 0 radical (unpaired) electrons. The molecule has 28 heavy (non-hydrogen) atoms. The predicted molar refractivity (Wildman–Crippen MR) is 103 cm³/mol. The highest BCUT2D eigenvalue weighted by atomic mass is 19.1. The van der Waals surface area contributed by atoms with E-state index in [-0.39, 0.29) is 5.82 Å². The standard InChI is InChI=1S/C20H21FN4O3/c1-25(9-10-26-2)20-23-12-15(13-24-20)28-19-17(5-4-8-22-19)16-7-6-14(21)11-18(16)27-3/h4-8,11-13H,9-10H2,1-3H3. The van der Waals surface area contributed by atoms with Gasteiger partial charge in [0.25, 0.3) is 0 Å². The molecule has 3 aromatic rings. The third-order valence-electron chi connectivity index (χ3n) is 4.03. The van der Waals surface area contributed by atoms with Crippen molar-refractivity contribution in [2.24, 2.45) is 0 Å². The number of rotatable bonds is 8. The second-order valence-corrected chi connectivity index (χ2v) is 5.94. The number of hydrogen-bond donors (Lipinski definition) is 0. The summed E-state index contributed by atoms with van der Waals surface area (Å²) >= 11 is 0. The Morgan fingerprint density at radius 2 is 1.82 bits per heavy atom. The number of ether oxygens (including phenoxy) is 3. The van der Waals surface area contributed by atoms with Gasteiger partial charge in [0.15, 0.2) is 5.75 Å². The van der Waals surface area contributed by atoms with Gasteiger partial charge in [0.05, 0.1) is 26.1 Å². The molecule has 7 nitrogen and oxygen atoms in total. The van der Waals surface area contributed by atoms with Gasteiger partial charge in [-0.2, -0.15) is 0 Å². The molecule has 0 spiro atoms. The molecular weight excluding hydrogens is 363 g/mol. The molecule has 2 heterocycles. The first-order chi connectivity index (χ1) is 13.6. The number of likely N-dealkylation sites (N-methyl/N-ethyl adjacent to an activating group) is 1. The Balaban J connectivity index is 1.85. The Kier molecular flexibility index (Phi) is 6.33. The molecule has 0 N–H and O–H groups in total. The molecule has 0 saturated carbocycles. The molecule has 0 aliphatic carbocycles. The van der Waals surface area contributed by atoms with Gasteiger partial charge in [-0.1, -0.05) is 0 Å². The number of methoxy groups -OCH3 is 2. The lowest BCUT2D eigenvalue weighted by Gasteiger charge is -2.16. The lowest BCUT2D eigenvalue weighted by molar-refractivity contribution is 0.206. The lowest BCUT2D eigenvalue weighted by atomic mass is 10.1. The van der Waals surface area contributed by atoms with E-state index < -0.39 is 0 Å². The number of nitrogens with zero attached hydrogens (tertiary/aromatic N) is 4. The van der Waals surface area contributed by atoms with Crippen LogP contribution >= 0.6 is 0 Å². The summed E-state index contributed by atoms with van der Waals surface area (Å²) in [6.45, 7) is 1.25. The highest BCUT2D eigenvalue weighted by Crippen LogP contribution is 2.37. The van der Waals surface area contributed by atoms with Gasteiger partial charge in [0.2, 0.25) is 11.8 Å². The third kappa shape index (κ3) is 4.52. The Hall–Kier alpha value is -3.26. The molecule has 8 heteroatoms. The average Bonchev–Trinajstić information content (AvgIpc) is 2.73. The summed E-state index contributed by atoms with van der Waals surface area (Å²) in [6.07, 6.45) is 4.76. The molecule has 3 rings (SSSR count). The van der Waals surface area contributed by atoms with Crippen molar-refractivity contribution in [2.45, 2.75) is 0 Å². The molecule has 0 aliphatic heterocycles. The van der Waals surface area contributed by atoms with Crippen LogP contribution in [0.5, 0.6) is 17.4 Å². The average molecular weight is 384 g/mol. The smallest absolute Gasteiger partial charge is 0.227 e. The van der Waals surface area contributed by atoms with E-state index in [2.05, 4.69) is 15.0 Å². The van der Waals surface area contributed by atoms with Crippen LogP contribution < -0.4 is 14.4 Å². The van der Waals surface area contributed by atoms with Crippen LogP contribution in [-0.4, -0.2) is 49.4 Å². The second-order valence-electron chi connectivity index (χ2n) is 5.94. The molecule has 0 amide bonds. The highest BCUT2D eigenvalue weighted by molar-refractivity contribution is 5.74. The van der Waals surface area contributed by atoms with Crippen molar-refractivity contribution in [1.82, 2.24) is 15.0 Å². The molecule has 0 saturated heterocycles. The summed E-state index contributed by atoms with van der Waals surface area (Å²) < 4.78 is 29.8. The van der Waals surface area contributed by atoms with Crippen LogP contribution in [-0.2, 0) is 4.74 Å². The summed E-state index contributed by atoms with van der Waals surface area (Å²) in [5, 5.41) is 0. The maximum Gasteiger partial charge on any atom is 0.227 e. The summed E-state index contributed by atoms with van der Waals surface area (Å²) in [4.78, 5) is 14.8. The largest absolute Gasteiger partial charge is 0.496 e. The van der Waals surface area contributed by atoms with Crippen molar-refractivity contribution < 1.29 is 18.6 Å². The number of halogens is 1. The van der Waals surface area contributed by atoms with E-state index in [1.54, 1.807) is 37.8 Å². The lowest BCUT2D eigenvalue weighted by Crippen LogP contribution is -2.23. The summed E-state index contributed by atoms with van der Waals surface area (Å²) in [7, 11) is 5.01. The van der Waals surface area contributed by atoms with Crippen LogP contribution in [0.25, 0.3) is 11.1 Å². The van der Waals surface area contributed by atoms with Gasteiger partial charge in [0.1, 0.15) is 11.6 Å². The van der Waals surface area contributed by atoms with Crippen molar-refractivity contribution in [3.63, 3.8) is 0 Å². The zero-order valence-corrected chi connectivity index (χ0v) is 15.9. The third-order valence-corrected chi connectivity index (χ3v) is 4.03. The van der Waals surface area contributed by atoms with Crippen LogP contribution in [0.15, 0.2) is 48.9 Å². The first-order valence-electron chi connectivity index (χ1n) is 8.61. The Morgan fingerprint density at radius 1 is 1.04 bits per heavy atom. The summed E-state index contributed by atoms with van der Waals surface area (Å²) in [5.74, 6) is 1.35. The van der Waals surface area contributed by atoms with E-state index in [0.717, 1.165) is 0 Å². The highest BCUT2D eigenvalue weighted by Gasteiger charge is 2.14. The van der Waals surface area contributed by atoms with Crippen molar-refractivity contribution in [1.29, 1.82) is 0 Å². The fourth-order valence-corrected chi connectivity index (χ4v) is 2.56. The second kappa shape index (κ2) is 9.09. The molecule has 0 atom stereocenters. The van der Waals surface area contributed by atoms with E-state index in [1.165, 1.54) is 19.2 Å². The van der Waals surface area contributed by atoms with E-state index in [4.69, 9.17) is 14.2 Å².